The number of hydrogen-bond donors (Lipinski definition) is 0. The highest BCUT2D eigenvalue weighted by Crippen LogP contribution is 2.00. The van der Waals surface area contributed by atoms with E-state index in [0.717, 1.165) is 0 Å². The van der Waals surface area contributed by atoms with Gasteiger partial charge in [-0.2, -0.15) is 0 Å². The van der Waals surface area contributed by atoms with Crippen LogP contribution in [0.4, 0.5) is 0 Å². The highest BCUT2D eigenvalue weighted by atomic mass is 32.1. The maximum atomic E-state index is 10.1. The third kappa shape index (κ3) is 1.24. The standard InChI is InChI=1S/C5H3N2O2S/c8-7(9)4-1-2-6-3-5(4)10/h1-2,4H. The molecule has 1 unspecified atom stereocenters. The van der Waals surface area contributed by atoms with Gasteiger partial charge in [0.2, 0.25) is 0 Å². The molecule has 1 radical (unpaired) electrons. The van der Waals surface area contributed by atoms with E-state index in [9.17, 15) is 10.1 Å². The van der Waals surface area contributed by atoms with Gasteiger partial charge in [0.05, 0.1) is 0 Å². The first kappa shape index (κ1) is 7.01. The molecular formula is C5H3N2O2S. The predicted octanol–water partition coefficient (Wildman–Crippen LogP) is 0.477. The van der Waals surface area contributed by atoms with Gasteiger partial charge in [0.15, 0.2) is 0 Å². The Morgan fingerprint density at radius 2 is 2.60 bits per heavy atom. The van der Waals surface area contributed by atoms with Crippen LogP contribution in [0, 0.1) is 10.1 Å². The van der Waals surface area contributed by atoms with Crippen LogP contribution in [0.25, 0.3) is 0 Å². The van der Waals surface area contributed by atoms with Crippen molar-refractivity contribution in [1.29, 1.82) is 0 Å². The highest BCUT2D eigenvalue weighted by molar-refractivity contribution is 7.82. The summed E-state index contributed by atoms with van der Waals surface area (Å²) >= 11 is 4.61. The monoisotopic (exact) mass is 155 g/mol. The summed E-state index contributed by atoms with van der Waals surface area (Å²) in [6.45, 7) is 0. The molecule has 1 aliphatic heterocycles. The number of nitrogens with zero attached hydrogens (tertiary/aromatic N) is 2. The molecule has 0 fully saturated rings. The van der Waals surface area contributed by atoms with E-state index in [4.69, 9.17) is 0 Å². The highest BCUT2D eigenvalue weighted by Gasteiger charge is 2.22. The van der Waals surface area contributed by atoms with E-state index in [1.54, 1.807) is 0 Å². The van der Waals surface area contributed by atoms with Crippen LogP contribution < -0.4 is 0 Å². The molecule has 0 aliphatic carbocycles. The minimum Gasteiger partial charge on any atom is -0.264 e. The van der Waals surface area contributed by atoms with Crippen molar-refractivity contribution in [2.75, 3.05) is 0 Å². The van der Waals surface area contributed by atoms with Crippen LogP contribution in [0.1, 0.15) is 0 Å². The molecule has 1 atom stereocenters. The average molecular weight is 155 g/mol. The number of aliphatic imine (C=N–C) groups is 1. The Bertz CT molecular complexity index is 234. The van der Waals surface area contributed by atoms with Gasteiger partial charge in [0, 0.05) is 17.2 Å². The second-order valence-electron chi connectivity index (χ2n) is 1.68. The van der Waals surface area contributed by atoms with E-state index < -0.39 is 11.0 Å². The molecule has 0 N–H and O–H groups in total. The van der Waals surface area contributed by atoms with Gasteiger partial charge in [-0.15, -0.1) is 0 Å². The average Bonchev–Trinajstić information content (AvgIpc) is 1.88. The molecule has 0 aromatic carbocycles. The Labute approximate surface area is 62.4 Å². The zero-order valence-corrected chi connectivity index (χ0v) is 5.67. The van der Waals surface area contributed by atoms with Gasteiger partial charge in [-0.25, -0.2) is 0 Å². The molecule has 0 bridgehead atoms. The molecule has 1 rings (SSSR count). The topological polar surface area (TPSA) is 55.5 Å². The lowest BCUT2D eigenvalue weighted by atomic mass is 10.2. The van der Waals surface area contributed by atoms with Crippen LogP contribution in [-0.2, 0) is 0 Å². The number of thiocarbonyl (C=S) groups is 1. The van der Waals surface area contributed by atoms with E-state index in [-0.39, 0.29) is 4.86 Å². The summed E-state index contributed by atoms with van der Waals surface area (Å²) in [7, 11) is 0. The van der Waals surface area contributed by atoms with E-state index in [1.165, 1.54) is 12.3 Å². The van der Waals surface area contributed by atoms with Gasteiger partial charge < -0.3 is 0 Å². The van der Waals surface area contributed by atoms with Gasteiger partial charge >= 0.3 is 0 Å². The molecule has 51 valence electrons. The molecule has 0 amide bonds. The first-order valence-corrected chi connectivity index (χ1v) is 2.92. The van der Waals surface area contributed by atoms with Crippen LogP contribution in [0.3, 0.4) is 0 Å². The fourth-order valence-corrected chi connectivity index (χ4v) is 0.762. The van der Waals surface area contributed by atoms with Crippen molar-refractivity contribution in [2.24, 2.45) is 4.99 Å². The molecule has 0 saturated carbocycles. The summed E-state index contributed by atoms with van der Waals surface area (Å²) in [5.74, 6) is 0. The fourth-order valence-electron chi connectivity index (χ4n) is 0.545. The first-order chi connectivity index (χ1) is 4.72. The zero-order valence-electron chi connectivity index (χ0n) is 4.85. The van der Waals surface area contributed by atoms with E-state index >= 15 is 0 Å². The fraction of sp³-hybridized carbons (Fsp3) is 0.200. The second kappa shape index (κ2) is 2.66. The van der Waals surface area contributed by atoms with Crippen LogP contribution in [0.15, 0.2) is 17.3 Å². The van der Waals surface area contributed by atoms with Crippen LogP contribution in [-0.4, -0.2) is 22.0 Å². The molecule has 0 aromatic heterocycles. The molecule has 4 nitrogen and oxygen atoms in total. The number of rotatable bonds is 1. The van der Waals surface area contributed by atoms with Crippen LogP contribution in [0.5, 0.6) is 0 Å². The Morgan fingerprint density at radius 3 is 3.00 bits per heavy atom. The van der Waals surface area contributed by atoms with Crippen molar-refractivity contribution >= 4 is 23.3 Å². The smallest absolute Gasteiger partial charge is 0.264 e. The zero-order chi connectivity index (χ0) is 7.56. The maximum Gasteiger partial charge on any atom is 0.270 e. The van der Waals surface area contributed by atoms with Crippen molar-refractivity contribution in [3.8, 4) is 0 Å². The van der Waals surface area contributed by atoms with Gasteiger partial charge in [-0.3, -0.25) is 15.1 Å². The lowest BCUT2D eigenvalue weighted by molar-refractivity contribution is -0.489. The SMILES string of the molecule is O=[N+]([O-])C1C=CN=[C]C1=S. The Balaban J connectivity index is 2.80. The van der Waals surface area contributed by atoms with E-state index in [0.29, 0.717) is 0 Å². The predicted molar refractivity (Wildman–Crippen MR) is 40.0 cm³/mol. The largest absolute Gasteiger partial charge is 0.270 e. The third-order valence-corrected chi connectivity index (χ3v) is 1.35. The summed E-state index contributed by atoms with van der Waals surface area (Å²) in [6, 6.07) is -0.910. The summed E-state index contributed by atoms with van der Waals surface area (Å²) in [5, 5.41) is 10.1. The minimum absolute atomic E-state index is 0.132. The number of hydrogen-bond acceptors (Lipinski definition) is 4. The van der Waals surface area contributed by atoms with Crippen molar-refractivity contribution in [1.82, 2.24) is 0 Å². The maximum absolute atomic E-state index is 10.1. The van der Waals surface area contributed by atoms with Crippen LogP contribution >= 0.6 is 12.2 Å². The normalized spacial score (nSPS) is 23.2. The molecule has 0 aromatic rings. The van der Waals surface area contributed by atoms with Crippen molar-refractivity contribution in [3.63, 3.8) is 0 Å². The molecule has 10 heavy (non-hydrogen) atoms. The molecular weight excluding hydrogens is 152 g/mol. The molecule has 0 saturated heterocycles. The molecule has 1 aliphatic rings. The van der Waals surface area contributed by atoms with Crippen molar-refractivity contribution in [2.45, 2.75) is 6.04 Å². The second-order valence-corrected chi connectivity index (χ2v) is 2.12. The van der Waals surface area contributed by atoms with E-state index in [2.05, 4.69) is 23.4 Å². The minimum atomic E-state index is -0.910. The Kier molecular flexibility index (Phi) is 1.86. The van der Waals surface area contributed by atoms with Gasteiger partial charge in [0.1, 0.15) is 11.1 Å². The van der Waals surface area contributed by atoms with Crippen molar-refractivity contribution in [3.05, 3.63) is 22.4 Å². The first-order valence-electron chi connectivity index (χ1n) is 2.51. The lowest BCUT2D eigenvalue weighted by Crippen LogP contribution is -2.28. The Morgan fingerprint density at radius 1 is 1.90 bits per heavy atom. The van der Waals surface area contributed by atoms with E-state index in [1.807, 2.05) is 0 Å². The van der Waals surface area contributed by atoms with Crippen molar-refractivity contribution < 1.29 is 4.92 Å². The summed E-state index contributed by atoms with van der Waals surface area (Å²) < 4.78 is 0. The number of nitro groups is 1. The molecule has 5 heteroatoms. The van der Waals surface area contributed by atoms with Gasteiger partial charge in [0.25, 0.3) is 6.04 Å². The third-order valence-electron chi connectivity index (χ3n) is 1.01. The summed E-state index contributed by atoms with van der Waals surface area (Å²) in [6.07, 6.45) is 5.00. The lowest BCUT2D eigenvalue weighted by Gasteiger charge is -2.02. The molecule has 0 spiro atoms. The molecule has 1 heterocycles. The van der Waals surface area contributed by atoms with Gasteiger partial charge in [-0.1, -0.05) is 12.2 Å². The van der Waals surface area contributed by atoms with Crippen LogP contribution in [0.2, 0.25) is 0 Å². The van der Waals surface area contributed by atoms with Gasteiger partial charge in [-0.05, 0) is 0 Å². The Hall–Kier alpha value is -1.10. The summed E-state index contributed by atoms with van der Waals surface area (Å²) in [5.41, 5.74) is 0. The quantitative estimate of drug-likeness (QED) is 0.314. The summed E-state index contributed by atoms with van der Waals surface area (Å²) in [4.78, 5) is 13.3.